The normalized spacial score (nSPS) is 17.0. The van der Waals surface area contributed by atoms with E-state index in [0.717, 1.165) is 293 Å². The number of aromatic nitrogens is 5. The fourth-order valence-corrected chi connectivity index (χ4v) is 16.5. The van der Waals surface area contributed by atoms with Crippen LogP contribution in [0.5, 0.6) is 17.2 Å². The number of pyridine rings is 3. The van der Waals surface area contributed by atoms with Gasteiger partial charge in [-0.25, -0.2) is 14.8 Å². The van der Waals surface area contributed by atoms with Gasteiger partial charge < -0.3 is 129 Å². The van der Waals surface area contributed by atoms with E-state index < -0.39 is 12.3 Å². The number of nitrogens with two attached hydrogens (primary N) is 3. The maximum absolute atomic E-state index is 11.1. The van der Waals surface area contributed by atoms with Gasteiger partial charge in [-0.05, 0) is 224 Å². The number of aryl methyl sites for hydroxylation is 3. The molecule has 3 radical (unpaired) electrons. The second-order valence-electron chi connectivity index (χ2n) is 35.1. The Morgan fingerprint density at radius 3 is 1.74 bits per heavy atom. The molecule has 4 aromatic carbocycles. The molecule has 149 heavy (non-hydrogen) atoms. The number of benzene rings is 4. The van der Waals surface area contributed by atoms with Crippen molar-refractivity contribution in [3.8, 4) is 17.2 Å². The summed E-state index contributed by atoms with van der Waals surface area (Å²) in [6.45, 7) is 39.4. The zero-order valence-corrected chi connectivity index (χ0v) is 90.8. The van der Waals surface area contributed by atoms with Crippen LogP contribution in [0.25, 0.3) is 11.0 Å². The van der Waals surface area contributed by atoms with Gasteiger partial charge in [0.2, 0.25) is 11.9 Å². The van der Waals surface area contributed by atoms with Crippen molar-refractivity contribution < 1.29 is 104 Å². The number of nitrogens with zero attached hydrogens (tertiary/aromatic N) is 12. The number of aliphatic hydroxyl groups excluding tert-OH is 5. The van der Waals surface area contributed by atoms with Gasteiger partial charge in [-0.15, -0.1) is 24.0 Å². The molecule has 19 N–H and O–H groups in total. The molecule has 8 aliphatic heterocycles. The molecule has 3 atom stereocenters. The molecule has 9 aliphatic rings. The minimum atomic E-state index is -0.906. The first-order chi connectivity index (χ1) is 70.9. The first-order valence-electron chi connectivity index (χ1n) is 50.2. The van der Waals surface area contributed by atoms with E-state index in [-0.39, 0.29) is 118 Å². The van der Waals surface area contributed by atoms with Crippen molar-refractivity contribution in [1.29, 1.82) is 0 Å². The van der Waals surface area contributed by atoms with E-state index in [9.17, 15) is 35.1 Å². The second-order valence-corrected chi connectivity index (χ2v) is 35.8. The van der Waals surface area contributed by atoms with Crippen LogP contribution in [0.3, 0.4) is 0 Å². The van der Waals surface area contributed by atoms with Crippen LogP contribution in [-0.4, -0.2) is 327 Å². The van der Waals surface area contributed by atoms with E-state index in [0.29, 0.717) is 78.4 Å². The van der Waals surface area contributed by atoms with Crippen LogP contribution in [-0.2, 0) is 101 Å². The van der Waals surface area contributed by atoms with Gasteiger partial charge in [-0.1, -0.05) is 72.8 Å². The van der Waals surface area contributed by atoms with Gasteiger partial charge >= 0.3 is 24.8 Å². The Morgan fingerprint density at radius 2 is 1.17 bits per heavy atom. The summed E-state index contributed by atoms with van der Waals surface area (Å²) in [6.07, 6.45) is 17.8. The molecule has 1 amide bonds. The molecule has 0 saturated carbocycles. The van der Waals surface area contributed by atoms with Crippen molar-refractivity contribution in [2.45, 2.75) is 156 Å². The number of carbonyl (C=O) groups is 2. The van der Waals surface area contributed by atoms with Gasteiger partial charge in [0.05, 0.1) is 151 Å². The molecule has 0 bridgehead atoms. The number of allylic oxidation sites excluding steroid dienone is 2. The van der Waals surface area contributed by atoms with Crippen molar-refractivity contribution >= 4 is 116 Å². The summed E-state index contributed by atoms with van der Waals surface area (Å²) in [5, 5.41) is 93.3. The van der Waals surface area contributed by atoms with Gasteiger partial charge in [0.25, 0.3) is 0 Å². The summed E-state index contributed by atoms with van der Waals surface area (Å²) >= 11 is 11.2. The van der Waals surface area contributed by atoms with E-state index in [2.05, 4.69) is 101 Å². The zero-order chi connectivity index (χ0) is 105. The van der Waals surface area contributed by atoms with Crippen LogP contribution in [0.1, 0.15) is 140 Å². The molecule has 0 spiro atoms. The molecule has 12 heterocycles. The number of aliphatic hydroxyl groups is 5. The van der Waals surface area contributed by atoms with Crippen LogP contribution >= 0.6 is 35.6 Å². The number of esters is 1. The number of rotatable bonds is 36. The predicted molar refractivity (Wildman–Crippen MR) is 588 cm³/mol. The van der Waals surface area contributed by atoms with Crippen LogP contribution in [0.4, 0.5) is 23.0 Å². The van der Waals surface area contributed by atoms with Crippen LogP contribution in [0.2, 0.25) is 0 Å². The Morgan fingerprint density at radius 1 is 0.624 bits per heavy atom. The minimum absolute atomic E-state index is 0. The fourth-order valence-electron chi connectivity index (χ4n) is 16.1. The first-order valence-corrected chi connectivity index (χ1v) is 51.1. The quantitative estimate of drug-likeness (QED) is 0.00342. The maximum Gasteiger partial charge on any atom is 1.00 e. The molecule has 37 nitrogen and oxygen atoms in total. The Hall–Kier alpha value is -9.99. The van der Waals surface area contributed by atoms with E-state index in [1.54, 1.807) is 61.5 Å². The van der Waals surface area contributed by atoms with Crippen molar-refractivity contribution in [2.24, 2.45) is 32.2 Å². The molecule has 8 aromatic rings. The maximum atomic E-state index is 11.1. The number of imidazole rings is 1. The smallest absolute Gasteiger partial charge is 1.00 e. The largest absolute Gasteiger partial charge is 1.00 e. The number of aromatic hydroxyl groups is 3. The van der Waals surface area contributed by atoms with Gasteiger partial charge in [0.1, 0.15) is 39.6 Å². The number of amides is 1. The topological polar surface area (TPSA) is 505 Å². The van der Waals surface area contributed by atoms with Gasteiger partial charge in [0.15, 0.2) is 12.2 Å². The summed E-state index contributed by atoms with van der Waals surface area (Å²) in [7, 11) is 0. The average Bonchev–Trinajstić information content (AvgIpc) is 1.64. The number of halogens is 3. The molecule has 4 aromatic heterocycles. The van der Waals surface area contributed by atoms with Crippen molar-refractivity contribution in [1.82, 2.24) is 54.7 Å². The van der Waals surface area contributed by atoms with E-state index in [1.165, 1.54) is 36.6 Å². The molecule has 17 rings (SSSR count). The number of nitrogens with one attached hydrogen (secondary N) is 5. The number of ether oxygens (including phenoxy) is 7. The SMILES string of the molecule is C1CCOC1.C=C/C(N)=C(N)\C=C\C(=O)OCC.CCOC(O)c1ccc2c(c1)CC(=O)N2.CCOCCNCCCNc1nc2cc(CO)ccc2n1Cc1nc(C)ccc1O.Cc1ccc(O)c(CCl)n1.Cc1ccc(O)c(CN2C(=NCCCN3CCOCC3)NC3C=CC(CO)=CC32)n1.Cl.NCCCN1CCOCC1.OCc1ccc2c(c1)CC(=NCCCN1CCOCC1)N2.OCc1ccc2c(c1)CC(Cl)=N2.[Al].[H-].[Li+]. The average molecular weight is 2130 g/mol. The van der Waals surface area contributed by atoms with Crippen molar-refractivity contribution in [2.75, 3.05) is 200 Å². The number of aliphatic imine (C=N–C) groups is 3. The number of fused-ring (bicyclic) bond motifs is 5. The minimum Gasteiger partial charge on any atom is -1.00 e. The standard InChI is InChI=1S/2C22H31N5O3.C16H23N3O2.C11H13NO3.C9H8ClNO.C9H14N2O2.C7H8ClNO.C7H16N2O.C4H8O.Al.ClH.Li.H/c1-16-3-6-21(29)19(24-16)14-27-20-13-17(15-28)4-5-18(20)25-22(27)23-7-2-8-26-9-11-30-12-10-26;1-3-30-12-11-23-9-4-10-24-22-26-18-13-17(15-28)6-7-20(18)27(22)14-19-21(29)8-5-16(2)25-19;20-12-13-2-3-15-14(10-13)11-16(18-15)17-4-1-5-19-6-8-21-9-7-19;1-2-15-11(14)7-3-4-9-8(5-7)6-10(13)12-9;10-9-4-7-3-6(5-12)1-2-8(7)11-9;1-3-7(10)8(11)5-6-9(12)13-4-2;1-5-2-3-7(10)6(4-8)9-5;8-2-1-3-9-4-6-10-7-5-9;1-2-4-5-3-1;;;;/h3-6,13,18,20,28-29H,2,7-12,14-15H2,1H3,(H,23,25);5-8,13,23,28-29H,3-4,9-12,14-15H2,1-2H3,(H,24,26);2-3,10,20H,1,4-9,11-12H2,(H,17,18);3-5,11,14H,2,6H2,1H3,(H,12,13);1-3,12H,4-5H2;3,5-6H,1,4,10-11H2,2H3;2-3,10H,4H2,1H3;1-8H2;1-4H2;;1H;;/q;;;;;;;;;;;+1;-1/b;;;;;6-5+,8-7-;;;;;;;. The van der Waals surface area contributed by atoms with Gasteiger partial charge in [0, 0.05) is 175 Å². The van der Waals surface area contributed by atoms with Crippen molar-refractivity contribution in [3.63, 3.8) is 0 Å². The molecule has 809 valence electrons. The molecule has 5 saturated heterocycles. The Bertz CT molecular complexity index is 5590. The molecule has 1 aliphatic carbocycles. The Balaban J connectivity index is 0.000000307. The third-order valence-corrected chi connectivity index (χ3v) is 24.5. The van der Waals surface area contributed by atoms with Crippen LogP contribution in [0.15, 0.2) is 184 Å². The third kappa shape index (κ3) is 45.1. The van der Waals surface area contributed by atoms with Gasteiger partial charge in [-0.2, -0.15) is 0 Å². The third-order valence-electron chi connectivity index (χ3n) is 24.0. The summed E-state index contributed by atoms with van der Waals surface area (Å²) < 4.78 is 37.9. The Labute approximate surface area is 916 Å². The molecule has 5 fully saturated rings. The van der Waals surface area contributed by atoms with Gasteiger partial charge in [-0.3, -0.25) is 44.4 Å². The van der Waals surface area contributed by atoms with E-state index in [4.69, 9.17) is 94.1 Å². The van der Waals surface area contributed by atoms with Crippen LogP contribution in [0, 0.1) is 20.8 Å². The van der Waals surface area contributed by atoms with Crippen molar-refractivity contribution in [3.05, 3.63) is 242 Å². The second kappa shape index (κ2) is 71.8. The monoisotopic (exact) mass is 2130 g/mol. The van der Waals surface area contributed by atoms with Crippen LogP contribution < -0.4 is 62.6 Å². The summed E-state index contributed by atoms with van der Waals surface area (Å²) in [6, 6.07) is 33.2. The summed E-state index contributed by atoms with van der Waals surface area (Å²) in [5.74, 6) is 2.91. The number of guanidine groups is 1. The number of hydrogen-bond acceptors (Lipinski definition) is 32. The van der Waals surface area contributed by atoms with E-state index in [1.807, 2.05) is 93.8 Å². The molecule has 42 heteroatoms. The number of alkyl halides is 1. The number of amidine groups is 1. The summed E-state index contributed by atoms with van der Waals surface area (Å²) in [5.41, 5.74) is 33.4. The number of morpholine rings is 3. The predicted octanol–water partition coefficient (Wildman–Crippen LogP) is 7.58. The summed E-state index contributed by atoms with van der Waals surface area (Å²) in [4.78, 5) is 62.7. The van der Waals surface area contributed by atoms with E-state index >= 15 is 0 Å². The molecular formula is C107H154AlCl3LiN20O17. The number of anilines is 3. The fraction of sp³-hybridized carbons (Fsp3) is 0.486. The number of carbonyl (C=O) groups excluding carboxylic acids is 2. The number of hydrogen-bond donors (Lipinski definition) is 16. The first kappa shape index (κ1) is 128. The molecular weight excluding hydrogens is 1980 g/mol. The Kier molecular flexibility index (Phi) is 61.5. The zero-order valence-electron chi connectivity index (χ0n) is 88.3. The molecule has 3 unspecified atom stereocenters.